The van der Waals surface area contributed by atoms with Crippen molar-refractivity contribution >= 4 is 12.4 Å². The number of alkyl halides is 3. The molecule has 0 unspecified atom stereocenters. The van der Waals surface area contributed by atoms with Crippen LogP contribution >= 0.6 is 12.4 Å². The number of nitrogens with one attached hydrogen (secondary N) is 1. The second-order valence-corrected chi connectivity index (χ2v) is 4.88. The van der Waals surface area contributed by atoms with Gasteiger partial charge in [-0.15, -0.1) is 12.4 Å². The fraction of sp³-hybridized carbons (Fsp3) is 0.538. The van der Waals surface area contributed by atoms with Crippen molar-refractivity contribution in [1.29, 1.82) is 0 Å². The predicted molar refractivity (Wildman–Crippen MR) is 71.4 cm³/mol. The van der Waals surface area contributed by atoms with Crippen molar-refractivity contribution in [2.75, 3.05) is 26.2 Å². The largest absolute Gasteiger partial charge is 0.390 e. The van der Waals surface area contributed by atoms with E-state index in [1.54, 1.807) is 0 Å². The topological polar surface area (TPSA) is 15.3 Å². The highest BCUT2D eigenvalue weighted by Crippen LogP contribution is 2.36. The standard InChI is InChI=1S/C13H14F6N2.ClH/c14-8-1-2-9(15)12(16)11(8)10(7-13(17,18)19)21-5-3-20-4-6-21;/h1-2,10,20H,3-7H2;1H/t10-;/m0./s1. The molecule has 22 heavy (non-hydrogen) atoms. The van der Waals surface area contributed by atoms with Crippen LogP contribution in [0.3, 0.4) is 0 Å². The van der Waals surface area contributed by atoms with Crippen molar-refractivity contribution in [1.82, 2.24) is 10.2 Å². The number of hydrogen-bond donors (Lipinski definition) is 1. The van der Waals surface area contributed by atoms with Crippen molar-refractivity contribution in [3.8, 4) is 0 Å². The maximum Gasteiger partial charge on any atom is 0.390 e. The van der Waals surface area contributed by atoms with Crippen LogP contribution in [0.15, 0.2) is 12.1 Å². The average Bonchev–Trinajstić information content (AvgIpc) is 2.42. The molecule has 0 radical (unpaired) electrons. The molecule has 0 amide bonds. The van der Waals surface area contributed by atoms with Gasteiger partial charge in [0.2, 0.25) is 0 Å². The summed E-state index contributed by atoms with van der Waals surface area (Å²) >= 11 is 0. The first-order valence-electron chi connectivity index (χ1n) is 6.44. The van der Waals surface area contributed by atoms with Crippen LogP contribution in [0.5, 0.6) is 0 Å². The number of hydrogen-bond acceptors (Lipinski definition) is 2. The minimum Gasteiger partial charge on any atom is -0.314 e. The molecular formula is C13H15ClF6N2. The summed E-state index contributed by atoms with van der Waals surface area (Å²) in [6.45, 7) is 1.23. The lowest BCUT2D eigenvalue weighted by atomic mass is 9.99. The molecule has 1 heterocycles. The number of nitrogens with zero attached hydrogens (tertiary/aromatic N) is 1. The summed E-state index contributed by atoms with van der Waals surface area (Å²) < 4.78 is 79.1. The van der Waals surface area contributed by atoms with E-state index in [1.807, 2.05) is 0 Å². The Kier molecular flexibility index (Phi) is 6.51. The van der Waals surface area contributed by atoms with E-state index in [9.17, 15) is 26.3 Å². The first-order valence-corrected chi connectivity index (χ1v) is 6.44. The Balaban J connectivity index is 0.00000242. The van der Waals surface area contributed by atoms with Crippen LogP contribution in [-0.4, -0.2) is 37.3 Å². The molecule has 2 rings (SSSR count). The van der Waals surface area contributed by atoms with Gasteiger partial charge in [-0.3, -0.25) is 4.90 Å². The Hall–Kier alpha value is -0.990. The van der Waals surface area contributed by atoms with E-state index in [-0.39, 0.29) is 25.5 Å². The van der Waals surface area contributed by atoms with Gasteiger partial charge in [-0.25, -0.2) is 13.2 Å². The first kappa shape index (κ1) is 19.1. The van der Waals surface area contributed by atoms with Crippen molar-refractivity contribution < 1.29 is 26.3 Å². The third kappa shape index (κ3) is 4.50. The molecular weight excluding hydrogens is 334 g/mol. The lowest BCUT2D eigenvalue weighted by Gasteiger charge is -2.35. The molecule has 1 aromatic rings. The minimum atomic E-state index is -4.61. The molecule has 0 aromatic heterocycles. The summed E-state index contributed by atoms with van der Waals surface area (Å²) in [6.07, 6.45) is -6.04. The van der Waals surface area contributed by atoms with E-state index in [0.29, 0.717) is 25.2 Å². The molecule has 1 fully saturated rings. The zero-order chi connectivity index (χ0) is 15.6. The Morgan fingerprint density at radius 3 is 2.14 bits per heavy atom. The maximum atomic E-state index is 13.8. The van der Waals surface area contributed by atoms with E-state index in [0.717, 1.165) is 0 Å². The summed E-state index contributed by atoms with van der Waals surface area (Å²) in [5.41, 5.74) is -0.853. The molecule has 1 aliphatic heterocycles. The predicted octanol–water partition coefficient (Wildman–Crippen LogP) is 3.42. The smallest absolute Gasteiger partial charge is 0.314 e. The third-order valence-electron chi connectivity index (χ3n) is 3.43. The van der Waals surface area contributed by atoms with Crippen LogP contribution in [0.1, 0.15) is 18.0 Å². The minimum absolute atomic E-state index is 0. The number of rotatable bonds is 3. The van der Waals surface area contributed by atoms with E-state index in [2.05, 4.69) is 5.32 Å². The zero-order valence-corrected chi connectivity index (χ0v) is 12.2. The van der Waals surface area contributed by atoms with Crippen LogP contribution in [0, 0.1) is 17.5 Å². The van der Waals surface area contributed by atoms with E-state index >= 15 is 0 Å². The zero-order valence-electron chi connectivity index (χ0n) is 11.4. The summed E-state index contributed by atoms with van der Waals surface area (Å²) in [5, 5.41) is 2.94. The molecule has 0 spiro atoms. The highest BCUT2D eigenvalue weighted by Gasteiger charge is 2.38. The van der Waals surface area contributed by atoms with Gasteiger partial charge in [0.25, 0.3) is 0 Å². The first-order chi connectivity index (χ1) is 9.79. The Labute approximate surface area is 129 Å². The van der Waals surface area contributed by atoms with Crippen LogP contribution in [-0.2, 0) is 0 Å². The highest BCUT2D eigenvalue weighted by molar-refractivity contribution is 5.85. The number of piperazine rings is 1. The van der Waals surface area contributed by atoms with Crippen LogP contribution in [0.25, 0.3) is 0 Å². The van der Waals surface area contributed by atoms with Gasteiger partial charge in [0.05, 0.1) is 6.42 Å². The molecule has 0 aliphatic carbocycles. The summed E-state index contributed by atoms with van der Waals surface area (Å²) in [4.78, 5) is 1.32. The van der Waals surface area contributed by atoms with Gasteiger partial charge in [0.1, 0.15) is 5.82 Å². The fourth-order valence-corrected chi connectivity index (χ4v) is 2.47. The van der Waals surface area contributed by atoms with Crippen LogP contribution in [0.2, 0.25) is 0 Å². The Morgan fingerprint density at radius 2 is 1.59 bits per heavy atom. The van der Waals surface area contributed by atoms with Crippen molar-refractivity contribution in [2.24, 2.45) is 0 Å². The lowest BCUT2D eigenvalue weighted by Crippen LogP contribution is -2.46. The monoisotopic (exact) mass is 348 g/mol. The van der Waals surface area contributed by atoms with E-state index in [1.165, 1.54) is 4.90 Å². The van der Waals surface area contributed by atoms with Gasteiger partial charge in [0.15, 0.2) is 11.6 Å². The van der Waals surface area contributed by atoms with Gasteiger partial charge in [-0.05, 0) is 12.1 Å². The van der Waals surface area contributed by atoms with E-state index in [4.69, 9.17) is 0 Å². The number of halogens is 7. The molecule has 126 valence electrons. The molecule has 0 saturated carbocycles. The molecule has 1 atom stereocenters. The van der Waals surface area contributed by atoms with Gasteiger partial charge in [0, 0.05) is 37.8 Å². The van der Waals surface area contributed by atoms with Gasteiger partial charge in [-0.1, -0.05) is 0 Å². The van der Waals surface area contributed by atoms with Crippen LogP contribution < -0.4 is 5.32 Å². The molecule has 1 aliphatic rings. The van der Waals surface area contributed by atoms with Gasteiger partial charge < -0.3 is 5.32 Å². The fourth-order valence-electron chi connectivity index (χ4n) is 2.47. The SMILES string of the molecule is Cl.Fc1ccc(F)c([C@H](CC(F)(F)F)N2CCNCC2)c1F. The quantitative estimate of drug-likeness (QED) is 0.665. The van der Waals surface area contributed by atoms with Crippen molar-refractivity contribution in [3.63, 3.8) is 0 Å². The highest BCUT2D eigenvalue weighted by atomic mass is 35.5. The second-order valence-electron chi connectivity index (χ2n) is 4.88. The summed E-state index contributed by atoms with van der Waals surface area (Å²) in [6, 6.07) is -0.349. The summed E-state index contributed by atoms with van der Waals surface area (Å²) in [7, 11) is 0. The van der Waals surface area contributed by atoms with E-state index < -0.39 is 41.7 Å². The van der Waals surface area contributed by atoms with Gasteiger partial charge in [-0.2, -0.15) is 13.2 Å². The van der Waals surface area contributed by atoms with Crippen molar-refractivity contribution in [3.05, 3.63) is 35.1 Å². The Bertz CT molecular complexity index is 502. The average molecular weight is 349 g/mol. The summed E-state index contributed by atoms with van der Waals surface area (Å²) in [5.74, 6) is -4.07. The maximum absolute atomic E-state index is 13.8. The second kappa shape index (κ2) is 7.52. The molecule has 1 N–H and O–H groups in total. The molecule has 0 bridgehead atoms. The lowest BCUT2D eigenvalue weighted by molar-refractivity contribution is -0.149. The molecule has 9 heteroatoms. The molecule has 1 aromatic carbocycles. The van der Waals surface area contributed by atoms with Crippen molar-refractivity contribution in [2.45, 2.75) is 18.6 Å². The third-order valence-corrected chi connectivity index (χ3v) is 3.43. The Morgan fingerprint density at radius 1 is 1.05 bits per heavy atom. The number of benzene rings is 1. The van der Waals surface area contributed by atoms with Crippen LogP contribution in [0.4, 0.5) is 26.3 Å². The van der Waals surface area contributed by atoms with Gasteiger partial charge >= 0.3 is 6.18 Å². The molecule has 2 nitrogen and oxygen atoms in total. The normalized spacial score (nSPS) is 17.9. The molecule has 1 saturated heterocycles.